The van der Waals surface area contributed by atoms with E-state index in [1.165, 1.54) is 0 Å². The Kier molecular flexibility index (Phi) is 13.3. The normalized spacial score (nSPS) is 20.3. The molecule has 0 aromatic heterocycles. The van der Waals surface area contributed by atoms with Crippen LogP contribution in [0.4, 0.5) is 0 Å². The molecule has 0 N–H and O–H groups in total. The maximum absolute atomic E-state index is 12.8. The van der Waals surface area contributed by atoms with E-state index < -0.39 is 0 Å². The van der Waals surface area contributed by atoms with Gasteiger partial charge in [-0.3, -0.25) is 14.7 Å². The van der Waals surface area contributed by atoms with Crippen molar-refractivity contribution in [3.8, 4) is 6.07 Å². The molecule has 0 bridgehead atoms. The van der Waals surface area contributed by atoms with E-state index in [0.29, 0.717) is 25.3 Å². The second kappa shape index (κ2) is 15.1. The molecule has 176 valence electrons. The molecule has 0 aromatic carbocycles. The zero-order chi connectivity index (χ0) is 23.1. The Morgan fingerprint density at radius 3 is 2.45 bits per heavy atom. The van der Waals surface area contributed by atoms with Crippen molar-refractivity contribution >= 4 is 11.6 Å². The lowest BCUT2D eigenvalue weighted by molar-refractivity contribution is -0.133. The van der Waals surface area contributed by atoms with Crippen LogP contribution in [0.2, 0.25) is 0 Å². The number of nitriles is 1. The molecular weight excluding hydrogens is 390 g/mol. The number of aliphatic imine (C=N–C) groups is 1. The number of hydrogen-bond acceptors (Lipinski definition) is 6. The van der Waals surface area contributed by atoms with E-state index >= 15 is 0 Å². The fraction of sp³-hybridized carbons (Fsp3) is 0.792. The second-order valence-corrected chi connectivity index (χ2v) is 8.04. The van der Waals surface area contributed by atoms with Crippen molar-refractivity contribution in [2.45, 2.75) is 65.8 Å². The lowest BCUT2D eigenvalue weighted by atomic mass is 9.87. The first kappa shape index (κ1) is 27.3. The third-order valence-corrected chi connectivity index (χ3v) is 6.27. The first-order valence-corrected chi connectivity index (χ1v) is 11.9. The number of amides is 1. The van der Waals surface area contributed by atoms with E-state index in [1.54, 1.807) is 12.2 Å². The summed E-state index contributed by atoms with van der Waals surface area (Å²) in [5.41, 5.74) is 0.218. The minimum absolute atomic E-state index is 0.0749. The average Bonchev–Trinajstić information content (AvgIpc) is 3.04. The van der Waals surface area contributed by atoms with Gasteiger partial charge in [-0.2, -0.15) is 5.26 Å². The van der Waals surface area contributed by atoms with Gasteiger partial charge in [0, 0.05) is 44.8 Å². The van der Waals surface area contributed by atoms with Crippen LogP contribution >= 0.6 is 0 Å². The highest BCUT2D eigenvalue weighted by Gasteiger charge is 2.39. The van der Waals surface area contributed by atoms with E-state index in [9.17, 15) is 10.1 Å². The van der Waals surface area contributed by atoms with Gasteiger partial charge in [0.05, 0.1) is 0 Å². The van der Waals surface area contributed by atoms with Gasteiger partial charge in [0.1, 0.15) is 18.4 Å². The summed E-state index contributed by atoms with van der Waals surface area (Å²) in [6.45, 7) is 17.7. The van der Waals surface area contributed by atoms with Gasteiger partial charge in [0.15, 0.2) is 0 Å². The predicted octanol–water partition coefficient (Wildman–Crippen LogP) is 3.33. The minimum Gasteiger partial charge on any atom is -0.381 e. The Morgan fingerprint density at radius 2 is 1.87 bits per heavy atom. The Hall–Kier alpha value is -1.75. The molecule has 1 saturated heterocycles. The van der Waals surface area contributed by atoms with Gasteiger partial charge < -0.3 is 14.5 Å². The van der Waals surface area contributed by atoms with Gasteiger partial charge in [-0.05, 0) is 51.9 Å². The number of hydrogen-bond donors (Lipinski definition) is 0. The maximum Gasteiger partial charge on any atom is 0.223 e. The monoisotopic (exact) mass is 433 g/mol. The molecule has 0 aliphatic carbocycles. The second-order valence-electron chi connectivity index (χ2n) is 8.04. The Morgan fingerprint density at radius 1 is 1.13 bits per heavy atom. The highest BCUT2D eigenvalue weighted by Crippen LogP contribution is 2.30. The topological polar surface area (TPSA) is 72.2 Å². The highest BCUT2D eigenvalue weighted by molar-refractivity contribution is 6.07. The van der Waals surface area contributed by atoms with Crippen LogP contribution in [0.5, 0.6) is 0 Å². The molecule has 1 heterocycles. The molecule has 1 fully saturated rings. The first-order chi connectivity index (χ1) is 15.0. The fourth-order valence-electron chi connectivity index (χ4n) is 4.34. The van der Waals surface area contributed by atoms with E-state index in [0.717, 1.165) is 58.6 Å². The Balaban J connectivity index is 3.16. The maximum atomic E-state index is 12.8. The number of ether oxygens (including phenoxy) is 1. The van der Waals surface area contributed by atoms with Crippen molar-refractivity contribution in [2.24, 2.45) is 4.99 Å². The quantitative estimate of drug-likeness (QED) is 0.417. The van der Waals surface area contributed by atoms with Crippen molar-refractivity contribution in [3.05, 3.63) is 12.2 Å². The average molecular weight is 434 g/mol. The third kappa shape index (κ3) is 8.72. The molecule has 1 atom stereocenters. The fourth-order valence-corrected chi connectivity index (χ4v) is 4.34. The summed E-state index contributed by atoms with van der Waals surface area (Å²) in [4.78, 5) is 24.1. The summed E-state index contributed by atoms with van der Waals surface area (Å²) in [6.07, 6.45) is 6.80. The molecule has 7 nitrogen and oxygen atoms in total. The zero-order valence-corrected chi connectivity index (χ0v) is 20.4. The molecule has 7 heteroatoms. The van der Waals surface area contributed by atoms with Crippen LogP contribution in [0, 0.1) is 11.3 Å². The van der Waals surface area contributed by atoms with Crippen LogP contribution in [0.15, 0.2) is 17.1 Å². The number of allylic oxidation sites excluding steroid dienone is 2. The molecule has 0 saturated carbocycles. The molecule has 1 rings (SSSR count). The van der Waals surface area contributed by atoms with E-state index in [1.807, 2.05) is 18.7 Å². The molecule has 1 unspecified atom stereocenters. The van der Waals surface area contributed by atoms with Crippen LogP contribution in [-0.4, -0.2) is 91.0 Å². The Bertz CT molecular complexity index is 614. The number of carbonyl (C=O) groups excluding carboxylic acids is 1. The van der Waals surface area contributed by atoms with Gasteiger partial charge >= 0.3 is 0 Å². The van der Waals surface area contributed by atoms with Gasteiger partial charge in [0.2, 0.25) is 5.91 Å². The zero-order valence-electron chi connectivity index (χ0n) is 20.4. The van der Waals surface area contributed by atoms with E-state index in [-0.39, 0.29) is 18.1 Å². The van der Waals surface area contributed by atoms with Gasteiger partial charge in [-0.1, -0.05) is 33.8 Å². The summed E-state index contributed by atoms with van der Waals surface area (Å²) in [6, 6.07) is 2.11. The summed E-state index contributed by atoms with van der Waals surface area (Å²) in [5.74, 6) is 0.0749. The molecule has 0 aromatic rings. The largest absolute Gasteiger partial charge is 0.381 e. The molecule has 31 heavy (non-hydrogen) atoms. The van der Waals surface area contributed by atoms with Crippen LogP contribution in [0.3, 0.4) is 0 Å². The molecular formula is C24H43N5O2. The van der Waals surface area contributed by atoms with Gasteiger partial charge in [-0.25, -0.2) is 0 Å². The third-order valence-electron chi connectivity index (χ3n) is 6.27. The lowest BCUT2D eigenvalue weighted by Gasteiger charge is -2.46. The van der Waals surface area contributed by atoms with Gasteiger partial charge in [-0.15, -0.1) is 0 Å². The molecule has 1 aliphatic rings. The summed E-state index contributed by atoms with van der Waals surface area (Å²) in [7, 11) is 0. The Labute approximate surface area is 189 Å². The summed E-state index contributed by atoms with van der Waals surface area (Å²) < 4.78 is 5.81. The molecule has 0 spiro atoms. The van der Waals surface area contributed by atoms with Crippen LogP contribution in [0.25, 0.3) is 0 Å². The summed E-state index contributed by atoms with van der Waals surface area (Å²) >= 11 is 0. The number of rotatable bonds is 13. The smallest absolute Gasteiger partial charge is 0.223 e. The number of likely N-dealkylation sites (N-methyl/N-ethyl adjacent to an activating group) is 2. The summed E-state index contributed by atoms with van der Waals surface area (Å²) in [5, 5.41) is 9.31. The molecule has 1 amide bonds. The van der Waals surface area contributed by atoms with Crippen LogP contribution < -0.4 is 0 Å². The number of nitrogens with zero attached hydrogens (tertiary/aromatic N) is 5. The van der Waals surface area contributed by atoms with Gasteiger partial charge in [0.25, 0.3) is 0 Å². The van der Waals surface area contributed by atoms with Crippen molar-refractivity contribution in [1.29, 1.82) is 5.26 Å². The van der Waals surface area contributed by atoms with E-state index in [2.05, 4.69) is 41.6 Å². The lowest BCUT2D eigenvalue weighted by Crippen LogP contribution is -2.58. The van der Waals surface area contributed by atoms with Crippen molar-refractivity contribution in [3.63, 3.8) is 0 Å². The van der Waals surface area contributed by atoms with E-state index in [4.69, 9.17) is 4.74 Å². The first-order valence-electron chi connectivity index (χ1n) is 11.9. The molecule has 1 aliphatic heterocycles. The standard InChI is InChI=1S/C24H43N5O2/c1-6-12-22(19-25)26-21-28(23(30)7-2)20-24(13-11-17-31-18-14-24)29(10-5)16-15-27(8-3)9-4/h6,12H,7-11,13-18,20-21H2,1-5H3/b12-6-,26-22+. The highest BCUT2D eigenvalue weighted by atomic mass is 16.5. The van der Waals surface area contributed by atoms with Crippen molar-refractivity contribution < 1.29 is 9.53 Å². The molecule has 0 radical (unpaired) electrons. The van der Waals surface area contributed by atoms with Crippen LogP contribution in [-0.2, 0) is 9.53 Å². The van der Waals surface area contributed by atoms with Crippen LogP contribution in [0.1, 0.15) is 60.3 Å². The van der Waals surface area contributed by atoms with Crippen molar-refractivity contribution in [2.75, 3.05) is 59.2 Å². The predicted molar refractivity (Wildman–Crippen MR) is 127 cm³/mol. The minimum atomic E-state index is -0.133. The number of carbonyl (C=O) groups is 1. The SMILES string of the molecule is C/C=C\C(C#N)=N/CN(CC1(N(CC)CCN(CC)CC)CCCOCC1)C(=O)CC. The van der Waals surface area contributed by atoms with Crippen molar-refractivity contribution in [1.82, 2.24) is 14.7 Å².